The number of ether oxygens (including phenoxy) is 4. The second-order valence-corrected chi connectivity index (χ2v) is 14.8. The fraction of sp³-hybridized carbons (Fsp3) is 0.860. The van der Waals surface area contributed by atoms with Crippen LogP contribution >= 0.6 is 0 Å². The second-order valence-electron chi connectivity index (χ2n) is 14.8. The van der Waals surface area contributed by atoms with Gasteiger partial charge in [-0.15, -0.1) is 0 Å². The number of aliphatic hydroxyl groups excluding tert-OH is 4. The lowest BCUT2D eigenvalue weighted by molar-refractivity contribution is -0.305. The Morgan fingerprint density at radius 2 is 1.00 bits per heavy atom. The molecule has 0 bridgehead atoms. The molecule has 0 aromatic heterocycles. The molecule has 10 nitrogen and oxygen atoms in total. The average molecular weight is 755 g/mol. The van der Waals surface area contributed by atoms with Crippen molar-refractivity contribution < 1.29 is 49.0 Å². The molecule has 0 aromatic rings. The molecule has 4 N–H and O–H groups in total. The van der Waals surface area contributed by atoms with Gasteiger partial charge < -0.3 is 39.4 Å². The van der Waals surface area contributed by atoms with Crippen molar-refractivity contribution >= 4 is 11.9 Å². The highest BCUT2D eigenvalue weighted by Crippen LogP contribution is 2.22. The first-order valence-electron chi connectivity index (χ1n) is 21.4. The van der Waals surface area contributed by atoms with Crippen LogP contribution < -0.4 is 0 Å². The van der Waals surface area contributed by atoms with E-state index < -0.39 is 55.4 Å². The van der Waals surface area contributed by atoms with Gasteiger partial charge in [0.05, 0.1) is 13.2 Å². The van der Waals surface area contributed by atoms with Crippen LogP contribution in [0.3, 0.4) is 0 Å². The molecule has 0 amide bonds. The molecule has 1 saturated heterocycles. The molecule has 2 unspecified atom stereocenters. The van der Waals surface area contributed by atoms with E-state index in [2.05, 4.69) is 38.2 Å². The zero-order chi connectivity index (χ0) is 38.8. The summed E-state index contributed by atoms with van der Waals surface area (Å²) in [7, 11) is 0. The number of unbranched alkanes of at least 4 members (excludes halogenated alkanes) is 20. The molecule has 6 atom stereocenters. The normalized spacial score (nSPS) is 21.1. The lowest BCUT2D eigenvalue weighted by atomic mass is 9.99. The minimum absolute atomic E-state index is 0.217. The van der Waals surface area contributed by atoms with Gasteiger partial charge in [-0.25, -0.2) is 0 Å². The topological polar surface area (TPSA) is 152 Å². The second kappa shape index (κ2) is 34.7. The highest BCUT2D eigenvalue weighted by Gasteiger charge is 2.44. The molecule has 53 heavy (non-hydrogen) atoms. The molecular weight excluding hydrogens is 676 g/mol. The van der Waals surface area contributed by atoms with Crippen molar-refractivity contribution in [3.8, 4) is 0 Å². The Labute approximate surface area is 322 Å². The first-order chi connectivity index (χ1) is 25.8. The van der Waals surface area contributed by atoms with Gasteiger partial charge in [-0.2, -0.15) is 0 Å². The molecule has 1 rings (SSSR count). The number of carbonyl (C=O) groups excluding carboxylic acids is 2. The highest BCUT2D eigenvalue weighted by atomic mass is 16.7. The molecule has 0 aromatic carbocycles. The van der Waals surface area contributed by atoms with E-state index in [1.165, 1.54) is 83.5 Å². The number of hydrogen-bond donors (Lipinski definition) is 4. The molecule has 0 radical (unpaired) electrons. The van der Waals surface area contributed by atoms with Crippen LogP contribution in [-0.4, -0.2) is 89.0 Å². The van der Waals surface area contributed by atoms with E-state index in [9.17, 15) is 30.0 Å². The van der Waals surface area contributed by atoms with Gasteiger partial charge in [-0.05, 0) is 64.2 Å². The van der Waals surface area contributed by atoms with Crippen molar-refractivity contribution in [1.29, 1.82) is 0 Å². The molecule has 310 valence electrons. The summed E-state index contributed by atoms with van der Waals surface area (Å²) in [5, 5.41) is 40.0. The quantitative estimate of drug-likeness (QED) is 0.0281. The lowest BCUT2D eigenvalue weighted by Crippen LogP contribution is -2.59. The first-order valence-corrected chi connectivity index (χ1v) is 21.4. The number of allylic oxidation sites excluding steroid dienone is 4. The zero-order valence-corrected chi connectivity index (χ0v) is 33.5. The monoisotopic (exact) mass is 755 g/mol. The van der Waals surface area contributed by atoms with Crippen LogP contribution in [0, 0.1) is 0 Å². The van der Waals surface area contributed by atoms with Crippen LogP contribution in [0.5, 0.6) is 0 Å². The van der Waals surface area contributed by atoms with Gasteiger partial charge in [-0.1, -0.05) is 128 Å². The van der Waals surface area contributed by atoms with Crippen LogP contribution in [0.25, 0.3) is 0 Å². The van der Waals surface area contributed by atoms with Gasteiger partial charge in [0.1, 0.15) is 31.0 Å². The van der Waals surface area contributed by atoms with Crippen LogP contribution in [0.15, 0.2) is 24.3 Å². The summed E-state index contributed by atoms with van der Waals surface area (Å²) >= 11 is 0. The molecule has 0 saturated carbocycles. The summed E-state index contributed by atoms with van der Waals surface area (Å²) < 4.78 is 22.1. The maximum Gasteiger partial charge on any atom is 0.306 e. The van der Waals surface area contributed by atoms with Crippen molar-refractivity contribution in [3.05, 3.63) is 24.3 Å². The van der Waals surface area contributed by atoms with Gasteiger partial charge in [0.2, 0.25) is 0 Å². The fourth-order valence-corrected chi connectivity index (χ4v) is 6.35. The van der Waals surface area contributed by atoms with E-state index in [-0.39, 0.29) is 26.1 Å². The van der Waals surface area contributed by atoms with Crippen LogP contribution in [-0.2, 0) is 28.5 Å². The summed E-state index contributed by atoms with van der Waals surface area (Å²) in [6.45, 7) is 3.37. The van der Waals surface area contributed by atoms with E-state index >= 15 is 0 Å². The van der Waals surface area contributed by atoms with E-state index in [1.807, 2.05) is 0 Å². The van der Waals surface area contributed by atoms with Gasteiger partial charge >= 0.3 is 11.9 Å². The molecular formula is C43H78O10. The zero-order valence-electron chi connectivity index (χ0n) is 33.5. The third-order valence-corrected chi connectivity index (χ3v) is 9.81. The Morgan fingerprint density at radius 1 is 0.566 bits per heavy atom. The third kappa shape index (κ3) is 26.6. The predicted molar refractivity (Wildman–Crippen MR) is 210 cm³/mol. The molecule has 0 aliphatic carbocycles. The van der Waals surface area contributed by atoms with Crippen LogP contribution in [0.1, 0.15) is 181 Å². The molecule has 1 aliphatic rings. The smallest absolute Gasteiger partial charge is 0.306 e. The maximum atomic E-state index is 12.7. The molecule has 10 heteroatoms. The van der Waals surface area contributed by atoms with E-state index in [0.29, 0.717) is 12.8 Å². The van der Waals surface area contributed by atoms with Crippen molar-refractivity contribution in [3.63, 3.8) is 0 Å². The first kappa shape index (κ1) is 49.2. The van der Waals surface area contributed by atoms with Gasteiger partial charge in [-0.3, -0.25) is 9.59 Å². The average Bonchev–Trinajstić information content (AvgIpc) is 3.15. The molecule has 1 heterocycles. The van der Waals surface area contributed by atoms with Gasteiger partial charge in [0.25, 0.3) is 0 Å². The third-order valence-electron chi connectivity index (χ3n) is 9.81. The van der Waals surface area contributed by atoms with Crippen LogP contribution in [0.2, 0.25) is 0 Å². The van der Waals surface area contributed by atoms with Crippen molar-refractivity contribution in [2.45, 2.75) is 218 Å². The fourth-order valence-electron chi connectivity index (χ4n) is 6.35. The Hall–Kier alpha value is -1.82. The Kier molecular flexibility index (Phi) is 32.2. The Bertz CT molecular complexity index is 923. The number of carbonyl (C=O) groups is 2. The summed E-state index contributed by atoms with van der Waals surface area (Å²) in [6.07, 6.45) is 29.0. The largest absolute Gasteiger partial charge is 0.462 e. The van der Waals surface area contributed by atoms with Crippen molar-refractivity contribution in [1.82, 2.24) is 0 Å². The van der Waals surface area contributed by atoms with Gasteiger partial charge in [0, 0.05) is 12.8 Å². The maximum absolute atomic E-state index is 12.7. The van der Waals surface area contributed by atoms with Crippen molar-refractivity contribution in [2.75, 3.05) is 19.8 Å². The summed E-state index contributed by atoms with van der Waals surface area (Å²) in [4.78, 5) is 25.2. The number of esters is 2. The molecule has 1 aliphatic heterocycles. The van der Waals surface area contributed by atoms with Crippen molar-refractivity contribution in [2.24, 2.45) is 0 Å². The lowest BCUT2D eigenvalue weighted by Gasteiger charge is -2.39. The molecule has 0 spiro atoms. The Balaban J connectivity index is 2.37. The minimum Gasteiger partial charge on any atom is -0.462 e. The summed E-state index contributed by atoms with van der Waals surface area (Å²) in [5.74, 6) is -0.840. The number of aliphatic hydroxyl groups is 4. The van der Waals surface area contributed by atoms with Gasteiger partial charge in [0.15, 0.2) is 12.4 Å². The summed E-state index contributed by atoms with van der Waals surface area (Å²) in [5.41, 5.74) is 0. The van der Waals surface area contributed by atoms with E-state index in [0.717, 1.165) is 57.8 Å². The van der Waals surface area contributed by atoms with E-state index in [4.69, 9.17) is 18.9 Å². The highest BCUT2D eigenvalue weighted by molar-refractivity contribution is 5.70. The summed E-state index contributed by atoms with van der Waals surface area (Å²) in [6, 6.07) is 0. The van der Waals surface area contributed by atoms with E-state index in [1.54, 1.807) is 0 Å². The SMILES string of the molecule is CCCCCC/C=C/CCCCCCCC(=O)O[C@@H](COC(=O)CCCC/C=C/CCCCCCCCCCC)CO[C@H]1O[C@@H](CO)[C@@H](O)C(O)C1O. The minimum atomic E-state index is -1.60. The Morgan fingerprint density at radius 3 is 1.53 bits per heavy atom. The standard InChI is InChI=1S/C43H78O10/c1-3-5-7-9-11-13-15-17-18-20-21-23-25-27-29-31-38(45)50-34-36(35-51-43-42(49)41(48)40(47)37(33-44)53-43)52-39(46)32-30-28-26-24-22-19-16-14-12-10-8-6-4-2/h14,16,21,23,36-37,40-44,47-49H,3-13,15,17-20,22,24-35H2,1-2H3/b16-14+,23-21+/t36-,37-,40+,41?,42?,43-/m0/s1. The number of rotatable bonds is 35. The predicted octanol–water partition coefficient (Wildman–Crippen LogP) is 8.55. The van der Waals surface area contributed by atoms with Crippen LogP contribution in [0.4, 0.5) is 0 Å². The number of hydrogen-bond acceptors (Lipinski definition) is 10. The molecule has 1 fully saturated rings.